The van der Waals surface area contributed by atoms with E-state index < -0.39 is 66.5 Å². The topological polar surface area (TPSA) is 217 Å². The van der Waals surface area contributed by atoms with Gasteiger partial charge in [-0.05, 0) is 32.2 Å². The molecule has 0 aromatic carbocycles. The van der Waals surface area contributed by atoms with Crippen molar-refractivity contribution in [3.63, 3.8) is 0 Å². The number of rotatable bonds is 14. The molecule has 30 heavy (non-hydrogen) atoms. The molecule has 12 heteroatoms. The normalized spacial score (nSPS) is 16.1. The molecule has 0 aliphatic carbocycles. The first kappa shape index (κ1) is 27.7. The zero-order chi connectivity index (χ0) is 23.4. The van der Waals surface area contributed by atoms with Gasteiger partial charge in [-0.3, -0.25) is 14.4 Å². The molecule has 5 unspecified atom stereocenters. The highest BCUT2D eigenvalue weighted by Gasteiger charge is 2.32. The lowest BCUT2D eigenvalue weighted by Gasteiger charge is -2.26. The van der Waals surface area contributed by atoms with E-state index in [1.807, 2.05) is 0 Å². The second kappa shape index (κ2) is 13.9. The van der Waals surface area contributed by atoms with Crippen LogP contribution in [0.1, 0.15) is 40.0 Å². The summed E-state index contributed by atoms with van der Waals surface area (Å²) in [6.07, 6.45) is 0.312. The number of carbonyl (C=O) groups excluding carboxylic acids is 3. The van der Waals surface area contributed by atoms with Crippen LogP contribution in [-0.2, 0) is 19.2 Å². The number of hydrogen-bond donors (Lipinski definition) is 8. The van der Waals surface area contributed by atoms with Gasteiger partial charge in [-0.1, -0.05) is 20.3 Å². The summed E-state index contributed by atoms with van der Waals surface area (Å²) in [6, 6.07) is -5.04. The fraction of sp³-hybridized carbons (Fsp3) is 0.778. The summed E-state index contributed by atoms with van der Waals surface area (Å²) in [4.78, 5) is 48.2. The molecule has 174 valence electrons. The van der Waals surface area contributed by atoms with Crippen molar-refractivity contribution in [2.45, 2.75) is 70.3 Å². The first-order valence-corrected chi connectivity index (χ1v) is 9.84. The van der Waals surface area contributed by atoms with Crippen LogP contribution in [0.15, 0.2) is 0 Å². The van der Waals surface area contributed by atoms with Crippen molar-refractivity contribution in [2.24, 2.45) is 17.4 Å². The standard InChI is InChI=1S/C18H35N5O7/c1-9(2)13(18(29)30)22-16(27)12(8-24)21-17(28)14(10(3)25)23-15(26)11(20)6-4-5-7-19/h9-14,24-25H,4-8,19-20H2,1-3H3,(H,21,28)(H,22,27)(H,23,26)(H,29,30). The van der Waals surface area contributed by atoms with Crippen LogP contribution < -0.4 is 27.4 Å². The van der Waals surface area contributed by atoms with Crippen molar-refractivity contribution in [2.75, 3.05) is 13.2 Å². The van der Waals surface area contributed by atoms with Gasteiger partial charge in [0, 0.05) is 0 Å². The molecular formula is C18H35N5O7. The Kier molecular flexibility index (Phi) is 12.8. The van der Waals surface area contributed by atoms with E-state index in [2.05, 4.69) is 16.0 Å². The Bertz CT molecular complexity index is 585. The molecule has 0 aromatic rings. The minimum atomic E-state index is -1.48. The van der Waals surface area contributed by atoms with E-state index in [0.29, 0.717) is 25.8 Å². The molecule has 10 N–H and O–H groups in total. The number of nitrogens with one attached hydrogen (secondary N) is 3. The summed E-state index contributed by atoms with van der Waals surface area (Å²) in [7, 11) is 0. The number of hydrogen-bond acceptors (Lipinski definition) is 8. The molecule has 0 radical (unpaired) electrons. The van der Waals surface area contributed by atoms with E-state index in [1.54, 1.807) is 13.8 Å². The fourth-order valence-electron chi connectivity index (χ4n) is 2.53. The Hall–Kier alpha value is -2.28. The Balaban J connectivity index is 5.07. The number of unbranched alkanes of at least 4 members (excludes halogenated alkanes) is 1. The monoisotopic (exact) mass is 433 g/mol. The number of aliphatic hydroxyl groups is 2. The van der Waals surface area contributed by atoms with Crippen molar-refractivity contribution in [3.8, 4) is 0 Å². The average molecular weight is 434 g/mol. The molecule has 0 saturated heterocycles. The van der Waals surface area contributed by atoms with Gasteiger partial charge in [0.1, 0.15) is 18.1 Å². The van der Waals surface area contributed by atoms with Crippen LogP contribution in [0.4, 0.5) is 0 Å². The molecule has 0 saturated carbocycles. The molecule has 0 aromatic heterocycles. The quantitative estimate of drug-likeness (QED) is 0.131. The number of aliphatic carboxylic acids is 1. The van der Waals surface area contributed by atoms with E-state index in [4.69, 9.17) is 16.6 Å². The summed E-state index contributed by atoms with van der Waals surface area (Å²) < 4.78 is 0. The number of carbonyl (C=O) groups is 4. The molecule has 0 fully saturated rings. The van der Waals surface area contributed by atoms with Crippen molar-refractivity contribution in [1.82, 2.24) is 16.0 Å². The third kappa shape index (κ3) is 9.48. The van der Waals surface area contributed by atoms with Crippen LogP contribution >= 0.6 is 0 Å². The molecular weight excluding hydrogens is 398 g/mol. The first-order chi connectivity index (χ1) is 14.0. The maximum Gasteiger partial charge on any atom is 0.326 e. The smallest absolute Gasteiger partial charge is 0.326 e. The van der Waals surface area contributed by atoms with Crippen LogP contribution in [0.25, 0.3) is 0 Å². The number of carboxylic acid groups (broad SMARTS) is 1. The van der Waals surface area contributed by atoms with Crippen LogP contribution in [-0.4, -0.2) is 82.4 Å². The average Bonchev–Trinajstić information content (AvgIpc) is 2.66. The highest BCUT2D eigenvalue weighted by Crippen LogP contribution is 2.04. The van der Waals surface area contributed by atoms with Crippen molar-refractivity contribution in [3.05, 3.63) is 0 Å². The van der Waals surface area contributed by atoms with Gasteiger partial charge in [0.15, 0.2) is 0 Å². The van der Waals surface area contributed by atoms with Gasteiger partial charge in [-0.15, -0.1) is 0 Å². The molecule has 0 aliphatic heterocycles. The molecule has 0 bridgehead atoms. The predicted molar refractivity (Wildman–Crippen MR) is 108 cm³/mol. The van der Waals surface area contributed by atoms with Gasteiger partial charge in [0.2, 0.25) is 17.7 Å². The second-order valence-corrected chi connectivity index (χ2v) is 7.43. The first-order valence-electron chi connectivity index (χ1n) is 9.84. The Morgan fingerprint density at radius 1 is 0.900 bits per heavy atom. The summed E-state index contributed by atoms with van der Waals surface area (Å²) in [5.41, 5.74) is 11.2. The van der Waals surface area contributed by atoms with Crippen LogP contribution in [0.5, 0.6) is 0 Å². The van der Waals surface area contributed by atoms with Gasteiger partial charge in [-0.25, -0.2) is 4.79 Å². The molecule has 12 nitrogen and oxygen atoms in total. The van der Waals surface area contributed by atoms with Gasteiger partial charge in [-0.2, -0.15) is 0 Å². The minimum absolute atomic E-state index is 0.338. The van der Waals surface area contributed by atoms with Crippen LogP contribution in [0, 0.1) is 5.92 Å². The van der Waals surface area contributed by atoms with Gasteiger partial charge >= 0.3 is 5.97 Å². The predicted octanol–water partition coefficient (Wildman–Crippen LogP) is -2.99. The van der Waals surface area contributed by atoms with E-state index in [-0.39, 0.29) is 0 Å². The number of aliphatic hydroxyl groups excluding tert-OH is 2. The summed E-state index contributed by atoms with van der Waals surface area (Å²) >= 11 is 0. The van der Waals surface area contributed by atoms with Crippen LogP contribution in [0.2, 0.25) is 0 Å². The highest BCUT2D eigenvalue weighted by atomic mass is 16.4. The van der Waals surface area contributed by atoms with Gasteiger partial charge in [0.25, 0.3) is 0 Å². The van der Waals surface area contributed by atoms with E-state index in [9.17, 15) is 29.4 Å². The Morgan fingerprint density at radius 3 is 1.90 bits per heavy atom. The molecule has 0 spiro atoms. The van der Waals surface area contributed by atoms with Crippen LogP contribution in [0.3, 0.4) is 0 Å². The summed E-state index contributed by atoms with van der Waals surface area (Å²) in [5, 5.41) is 35.2. The van der Waals surface area contributed by atoms with E-state index in [0.717, 1.165) is 0 Å². The molecule has 0 aliphatic rings. The maximum absolute atomic E-state index is 12.5. The largest absolute Gasteiger partial charge is 0.480 e. The minimum Gasteiger partial charge on any atom is -0.480 e. The molecule has 0 rings (SSSR count). The molecule has 3 amide bonds. The zero-order valence-corrected chi connectivity index (χ0v) is 17.6. The summed E-state index contributed by atoms with van der Waals surface area (Å²) in [6.45, 7) is 4.07. The summed E-state index contributed by atoms with van der Waals surface area (Å²) in [5.74, 6) is -4.21. The van der Waals surface area contributed by atoms with Gasteiger partial charge in [0.05, 0.1) is 18.8 Å². The lowest BCUT2D eigenvalue weighted by atomic mass is 10.0. The lowest BCUT2D eigenvalue weighted by molar-refractivity contribution is -0.144. The highest BCUT2D eigenvalue weighted by molar-refractivity contribution is 5.94. The Morgan fingerprint density at radius 2 is 1.47 bits per heavy atom. The van der Waals surface area contributed by atoms with Crippen molar-refractivity contribution in [1.29, 1.82) is 0 Å². The third-order valence-corrected chi connectivity index (χ3v) is 4.41. The maximum atomic E-state index is 12.5. The molecule has 5 atom stereocenters. The lowest BCUT2D eigenvalue weighted by Crippen LogP contribution is -2.60. The van der Waals surface area contributed by atoms with Crippen molar-refractivity contribution >= 4 is 23.7 Å². The van der Waals surface area contributed by atoms with Gasteiger partial charge < -0.3 is 42.7 Å². The fourth-order valence-corrected chi connectivity index (χ4v) is 2.53. The number of amides is 3. The van der Waals surface area contributed by atoms with Crippen molar-refractivity contribution < 1.29 is 34.5 Å². The third-order valence-electron chi connectivity index (χ3n) is 4.41. The van der Waals surface area contributed by atoms with E-state index in [1.165, 1.54) is 6.92 Å². The second-order valence-electron chi connectivity index (χ2n) is 7.43. The molecule has 0 heterocycles. The zero-order valence-electron chi connectivity index (χ0n) is 17.6. The number of nitrogens with two attached hydrogens (primary N) is 2. The Labute approximate surface area is 175 Å². The van der Waals surface area contributed by atoms with E-state index >= 15 is 0 Å². The SMILES string of the molecule is CC(C)C(NC(=O)C(CO)NC(=O)C(NC(=O)C(N)CCCCN)C(C)O)C(=O)O. The number of carboxylic acids is 1.